The maximum atomic E-state index is 8.00. The maximum absolute atomic E-state index is 8.00. The fraction of sp³-hybridized carbons (Fsp3) is 0.292. The molecule has 0 aliphatic heterocycles. The first kappa shape index (κ1) is 18.9. The van der Waals surface area contributed by atoms with Gasteiger partial charge in [-0.15, -0.1) is 0 Å². The lowest BCUT2D eigenvalue weighted by atomic mass is 9.66. The second-order valence-electron chi connectivity index (χ2n) is 6.72. The second kappa shape index (κ2) is 8.62. The van der Waals surface area contributed by atoms with Gasteiger partial charge in [-0.05, 0) is 42.4 Å². The molecule has 2 aromatic rings. The lowest BCUT2D eigenvalue weighted by molar-refractivity contribution is -0.0979. The van der Waals surface area contributed by atoms with Gasteiger partial charge in [0.05, 0.1) is 0 Å². The topological polar surface area (TPSA) is 17.1 Å². The molecule has 0 fully saturated rings. The molecular weight excluding hydrogens is 304 g/mol. The molecule has 0 bridgehead atoms. The van der Waals surface area contributed by atoms with Gasteiger partial charge in [0.15, 0.2) is 0 Å². The monoisotopic (exact) mass is 332 g/mol. The highest BCUT2D eigenvalue weighted by Crippen LogP contribution is 2.44. The number of carbonyl (C=O) groups excluding carboxylic acids is 1. The van der Waals surface area contributed by atoms with Crippen molar-refractivity contribution in [3.05, 3.63) is 95.1 Å². The average molecular weight is 332 g/mol. The minimum Gasteiger partial charge on any atom is -0.307 e. The van der Waals surface area contributed by atoms with Crippen LogP contribution < -0.4 is 0 Å². The Balaban J connectivity index is 0.00000109. The summed E-state index contributed by atoms with van der Waals surface area (Å²) >= 11 is 0. The molecule has 2 unspecified atom stereocenters. The van der Waals surface area contributed by atoms with E-state index < -0.39 is 0 Å². The highest BCUT2D eigenvalue weighted by molar-refractivity contribution is 5.53. The van der Waals surface area contributed by atoms with Crippen LogP contribution in [0.25, 0.3) is 0 Å². The van der Waals surface area contributed by atoms with Gasteiger partial charge in [-0.3, -0.25) is 0 Å². The highest BCUT2D eigenvalue weighted by atomic mass is 16.1. The quantitative estimate of drug-likeness (QED) is 0.668. The van der Waals surface area contributed by atoms with Gasteiger partial charge in [-0.1, -0.05) is 92.2 Å². The van der Waals surface area contributed by atoms with Gasteiger partial charge in [-0.25, -0.2) is 0 Å². The Labute approximate surface area is 152 Å². The van der Waals surface area contributed by atoms with Crippen molar-refractivity contribution in [2.24, 2.45) is 5.92 Å². The Morgan fingerprint density at radius 1 is 1.00 bits per heavy atom. The number of aryl methyl sites for hydroxylation is 1. The van der Waals surface area contributed by atoms with Gasteiger partial charge >= 0.3 is 0 Å². The summed E-state index contributed by atoms with van der Waals surface area (Å²) < 4.78 is 0. The molecule has 0 heterocycles. The lowest BCUT2D eigenvalue weighted by Gasteiger charge is -2.37. The first-order chi connectivity index (χ1) is 12.2. The molecule has 130 valence electrons. The molecular formula is C24H28O. The van der Waals surface area contributed by atoms with Gasteiger partial charge < -0.3 is 4.79 Å². The molecule has 25 heavy (non-hydrogen) atoms. The Morgan fingerprint density at radius 3 is 2.12 bits per heavy atom. The van der Waals surface area contributed by atoms with E-state index in [9.17, 15) is 0 Å². The third-order valence-corrected chi connectivity index (χ3v) is 5.15. The summed E-state index contributed by atoms with van der Waals surface area (Å²) in [6, 6.07) is 20.0. The number of carbonyl (C=O) groups is 1. The third kappa shape index (κ3) is 3.82. The standard InChI is InChI=1S/C23H26.CH2O/c1-4-23(20-8-6-5-7-9-20,21-14-10-18(2)11-15-21)22-16-12-19(3)13-17-22;1-2/h5-12,14-17,19H,4,13H2,1-3H3;1H2. The Hall–Kier alpha value is -2.41. The molecule has 0 saturated carbocycles. The summed E-state index contributed by atoms with van der Waals surface area (Å²) in [4.78, 5) is 8.00. The summed E-state index contributed by atoms with van der Waals surface area (Å²) in [6.45, 7) is 8.74. The molecule has 0 aromatic heterocycles. The summed E-state index contributed by atoms with van der Waals surface area (Å²) in [5.74, 6) is 0.641. The van der Waals surface area contributed by atoms with Gasteiger partial charge in [0.2, 0.25) is 0 Å². The number of hydrogen-bond donors (Lipinski definition) is 0. The molecule has 2 atom stereocenters. The Kier molecular flexibility index (Phi) is 6.52. The molecule has 0 saturated heterocycles. The van der Waals surface area contributed by atoms with Crippen molar-refractivity contribution < 1.29 is 4.79 Å². The summed E-state index contributed by atoms with van der Waals surface area (Å²) in [7, 11) is 0. The van der Waals surface area contributed by atoms with Gasteiger partial charge in [0.1, 0.15) is 6.79 Å². The fourth-order valence-corrected chi connectivity index (χ4v) is 3.72. The Bertz CT molecular complexity index is 724. The van der Waals surface area contributed by atoms with Crippen LogP contribution in [0.3, 0.4) is 0 Å². The molecule has 0 amide bonds. The van der Waals surface area contributed by atoms with E-state index >= 15 is 0 Å². The third-order valence-electron chi connectivity index (χ3n) is 5.15. The van der Waals surface area contributed by atoms with E-state index in [1.807, 2.05) is 6.79 Å². The molecule has 0 spiro atoms. The molecule has 2 aromatic carbocycles. The number of allylic oxidation sites excluding steroid dienone is 4. The van der Waals surface area contributed by atoms with Crippen molar-refractivity contribution in [3.8, 4) is 0 Å². The van der Waals surface area contributed by atoms with Crippen LogP contribution in [-0.2, 0) is 10.2 Å². The van der Waals surface area contributed by atoms with E-state index in [4.69, 9.17) is 4.79 Å². The predicted octanol–water partition coefficient (Wildman–Crippen LogP) is 6.03. The van der Waals surface area contributed by atoms with Crippen LogP contribution in [0.15, 0.2) is 78.4 Å². The molecule has 0 radical (unpaired) electrons. The Morgan fingerprint density at radius 2 is 1.60 bits per heavy atom. The summed E-state index contributed by atoms with van der Waals surface area (Å²) in [6.07, 6.45) is 9.35. The summed E-state index contributed by atoms with van der Waals surface area (Å²) in [5.41, 5.74) is 5.48. The van der Waals surface area contributed by atoms with Gasteiger partial charge in [0, 0.05) is 5.41 Å². The van der Waals surface area contributed by atoms with Gasteiger partial charge in [-0.2, -0.15) is 0 Å². The molecule has 3 rings (SSSR count). The van der Waals surface area contributed by atoms with Crippen molar-refractivity contribution in [2.75, 3.05) is 0 Å². The van der Waals surface area contributed by atoms with E-state index in [0.29, 0.717) is 5.92 Å². The van der Waals surface area contributed by atoms with Crippen LogP contribution in [0.1, 0.15) is 43.4 Å². The van der Waals surface area contributed by atoms with Crippen LogP contribution in [-0.4, -0.2) is 6.79 Å². The number of hydrogen-bond acceptors (Lipinski definition) is 1. The van der Waals surface area contributed by atoms with Crippen LogP contribution in [0.5, 0.6) is 0 Å². The lowest BCUT2D eigenvalue weighted by Crippen LogP contribution is -2.29. The molecule has 1 aliphatic carbocycles. The smallest absolute Gasteiger partial charge is 0.106 e. The van der Waals surface area contributed by atoms with E-state index in [-0.39, 0.29) is 5.41 Å². The van der Waals surface area contributed by atoms with Crippen molar-refractivity contribution in [2.45, 2.75) is 39.0 Å². The first-order valence-electron chi connectivity index (χ1n) is 8.97. The van der Waals surface area contributed by atoms with Crippen LogP contribution in [0.2, 0.25) is 0 Å². The van der Waals surface area contributed by atoms with E-state index in [1.54, 1.807) is 0 Å². The number of benzene rings is 2. The zero-order chi connectivity index (χ0) is 18.3. The maximum Gasteiger partial charge on any atom is 0.106 e. The second-order valence-corrected chi connectivity index (χ2v) is 6.72. The number of rotatable bonds is 4. The van der Waals surface area contributed by atoms with E-state index in [2.05, 4.69) is 93.6 Å². The largest absolute Gasteiger partial charge is 0.307 e. The van der Waals surface area contributed by atoms with Gasteiger partial charge in [0.25, 0.3) is 0 Å². The minimum absolute atomic E-state index is 0.0500. The minimum atomic E-state index is -0.0500. The molecule has 0 N–H and O–H groups in total. The highest BCUT2D eigenvalue weighted by Gasteiger charge is 2.35. The molecule has 1 nitrogen and oxygen atoms in total. The van der Waals surface area contributed by atoms with Crippen LogP contribution >= 0.6 is 0 Å². The van der Waals surface area contributed by atoms with Crippen LogP contribution in [0.4, 0.5) is 0 Å². The predicted molar refractivity (Wildman–Crippen MR) is 107 cm³/mol. The SMILES string of the molecule is C=O.CCC(C1=CCC(C)C=C1)(c1ccccc1)c1ccc(C)cc1. The first-order valence-corrected chi connectivity index (χ1v) is 8.97. The van der Waals surface area contributed by atoms with Crippen molar-refractivity contribution in [1.82, 2.24) is 0 Å². The van der Waals surface area contributed by atoms with Crippen molar-refractivity contribution in [3.63, 3.8) is 0 Å². The fourth-order valence-electron chi connectivity index (χ4n) is 3.72. The molecule has 1 aliphatic rings. The van der Waals surface area contributed by atoms with E-state index in [1.165, 1.54) is 22.3 Å². The van der Waals surface area contributed by atoms with Crippen molar-refractivity contribution in [1.29, 1.82) is 0 Å². The van der Waals surface area contributed by atoms with Crippen molar-refractivity contribution >= 4 is 6.79 Å². The normalized spacial score (nSPS) is 18.5. The average Bonchev–Trinajstić information content (AvgIpc) is 2.68. The zero-order valence-corrected chi connectivity index (χ0v) is 15.5. The van der Waals surface area contributed by atoms with E-state index in [0.717, 1.165) is 12.8 Å². The zero-order valence-electron chi connectivity index (χ0n) is 15.5. The molecule has 1 heteroatoms. The summed E-state index contributed by atoms with van der Waals surface area (Å²) in [5, 5.41) is 0. The van der Waals surface area contributed by atoms with Crippen LogP contribution in [0, 0.1) is 12.8 Å².